The van der Waals surface area contributed by atoms with Gasteiger partial charge >= 0.3 is 11.9 Å². The monoisotopic (exact) mass is 331 g/mol. The van der Waals surface area contributed by atoms with Crippen molar-refractivity contribution in [1.29, 1.82) is 0 Å². The fourth-order valence-electron chi connectivity index (χ4n) is 2.42. The number of carbonyl (C=O) groups is 2. The first kappa shape index (κ1) is 17.5. The van der Waals surface area contributed by atoms with E-state index in [2.05, 4.69) is 31.3 Å². The maximum absolute atomic E-state index is 11.8. The third-order valence-electron chi connectivity index (χ3n) is 3.53. The number of carbonyl (C=O) groups excluding carboxylic acids is 2. The SMILES string of the molecule is CCCn1c(C)nc2cc(N/C(=C/C(=O)OC)C(=O)OC)ccc21. The van der Waals surface area contributed by atoms with E-state index in [0.717, 1.165) is 35.9 Å². The van der Waals surface area contributed by atoms with Gasteiger partial charge in [-0.3, -0.25) is 0 Å². The summed E-state index contributed by atoms with van der Waals surface area (Å²) in [6.45, 7) is 4.96. The Bertz CT molecular complexity index is 792. The number of aryl methyl sites for hydroxylation is 2. The van der Waals surface area contributed by atoms with Crippen LogP contribution in [0.2, 0.25) is 0 Å². The van der Waals surface area contributed by atoms with Gasteiger partial charge < -0.3 is 19.4 Å². The highest BCUT2D eigenvalue weighted by molar-refractivity contribution is 5.99. The largest absolute Gasteiger partial charge is 0.466 e. The Morgan fingerprint density at radius 3 is 2.67 bits per heavy atom. The first-order chi connectivity index (χ1) is 11.5. The second kappa shape index (κ2) is 7.63. The number of benzene rings is 1. The van der Waals surface area contributed by atoms with Gasteiger partial charge in [-0.25, -0.2) is 14.6 Å². The van der Waals surface area contributed by atoms with Crippen molar-refractivity contribution in [1.82, 2.24) is 9.55 Å². The molecular formula is C17H21N3O4. The van der Waals surface area contributed by atoms with Crippen molar-refractivity contribution in [2.45, 2.75) is 26.8 Å². The van der Waals surface area contributed by atoms with Gasteiger partial charge in [0.15, 0.2) is 0 Å². The molecule has 1 aromatic carbocycles. The maximum atomic E-state index is 11.8. The number of imidazole rings is 1. The van der Waals surface area contributed by atoms with Crippen LogP contribution in [0.3, 0.4) is 0 Å². The van der Waals surface area contributed by atoms with Crippen LogP contribution in [0, 0.1) is 6.92 Å². The fraction of sp³-hybridized carbons (Fsp3) is 0.353. The molecule has 0 atom stereocenters. The number of hydrogen-bond donors (Lipinski definition) is 1. The Labute approximate surface area is 140 Å². The lowest BCUT2D eigenvalue weighted by Gasteiger charge is -2.09. The predicted molar refractivity (Wildman–Crippen MR) is 90.5 cm³/mol. The summed E-state index contributed by atoms with van der Waals surface area (Å²) in [5.41, 5.74) is 2.46. The third kappa shape index (κ3) is 3.73. The Morgan fingerprint density at radius 2 is 2.04 bits per heavy atom. The summed E-state index contributed by atoms with van der Waals surface area (Å²) < 4.78 is 11.4. The Balaban J connectivity index is 2.36. The zero-order valence-corrected chi connectivity index (χ0v) is 14.3. The van der Waals surface area contributed by atoms with E-state index in [-0.39, 0.29) is 5.70 Å². The summed E-state index contributed by atoms with van der Waals surface area (Å²) in [5.74, 6) is -0.373. The molecule has 0 saturated carbocycles. The van der Waals surface area contributed by atoms with E-state index in [1.54, 1.807) is 0 Å². The second-order valence-corrected chi connectivity index (χ2v) is 5.21. The van der Waals surface area contributed by atoms with Crippen LogP contribution in [0.15, 0.2) is 30.0 Å². The molecule has 0 amide bonds. The number of hydrogen-bond acceptors (Lipinski definition) is 6. The van der Waals surface area contributed by atoms with Crippen LogP contribution >= 0.6 is 0 Å². The highest BCUT2D eigenvalue weighted by Gasteiger charge is 2.14. The lowest BCUT2D eigenvalue weighted by Crippen LogP contribution is -2.15. The van der Waals surface area contributed by atoms with E-state index in [9.17, 15) is 9.59 Å². The molecule has 0 spiro atoms. The molecule has 2 rings (SSSR count). The van der Waals surface area contributed by atoms with E-state index < -0.39 is 11.9 Å². The van der Waals surface area contributed by atoms with E-state index in [0.29, 0.717) is 5.69 Å². The second-order valence-electron chi connectivity index (χ2n) is 5.21. The van der Waals surface area contributed by atoms with Crippen LogP contribution in [-0.2, 0) is 25.6 Å². The minimum absolute atomic E-state index is 0.00610. The predicted octanol–water partition coefficient (Wildman–Crippen LogP) is 2.40. The smallest absolute Gasteiger partial charge is 0.354 e. The number of nitrogens with zero attached hydrogens (tertiary/aromatic N) is 2. The quantitative estimate of drug-likeness (QED) is 0.646. The van der Waals surface area contributed by atoms with E-state index in [4.69, 9.17) is 0 Å². The summed E-state index contributed by atoms with van der Waals surface area (Å²) in [5, 5.41) is 2.88. The number of nitrogens with one attached hydrogen (secondary N) is 1. The first-order valence-corrected chi connectivity index (χ1v) is 7.62. The van der Waals surface area contributed by atoms with Crippen LogP contribution in [0.1, 0.15) is 19.2 Å². The van der Waals surface area contributed by atoms with Crippen molar-refractivity contribution >= 4 is 28.7 Å². The van der Waals surface area contributed by atoms with Crippen molar-refractivity contribution in [2.75, 3.05) is 19.5 Å². The first-order valence-electron chi connectivity index (χ1n) is 7.62. The number of ether oxygens (including phenoxy) is 2. The highest BCUT2D eigenvalue weighted by Crippen LogP contribution is 2.22. The minimum atomic E-state index is -0.659. The maximum Gasteiger partial charge on any atom is 0.354 e. The minimum Gasteiger partial charge on any atom is -0.466 e. The van der Waals surface area contributed by atoms with Crippen molar-refractivity contribution < 1.29 is 19.1 Å². The van der Waals surface area contributed by atoms with Gasteiger partial charge in [0.05, 0.1) is 31.3 Å². The molecule has 0 unspecified atom stereocenters. The van der Waals surface area contributed by atoms with Gasteiger partial charge in [0, 0.05) is 12.2 Å². The molecule has 1 heterocycles. The molecule has 0 aliphatic carbocycles. The molecule has 1 N–H and O–H groups in total. The van der Waals surface area contributed by atoms with Gasteiger partial charge in [-0.2, -0.15) is 0 Å². The average molecular weight is 331 g/mol. The molecule has 0 aliphatic heterocycles. The van der Waals surface area contributed by atoms with Gasteiger partial charge in [0.25, 0.3) is 0 Å². The van der Waals surface area contributed by atoms with E-state index in [1.165, 1.54) is 14.2 Å². The third-order valence-corrected chi connectivity index (χ3v) is 3.53. The number of methoxy groups -OCH3 is 2. The van der Waals surface area contributed by atoms with Gasteiger partial charge in [-0.1, -0.05) is 6.92 Å². The molecule has 2 aromatic rings. The highest BCUT2D eigenvalue weighted by atomic mass is 16.5. The van der Waals surface area contributed by atoms with Gasteiger partial charge in [-0.05, 0) is 31.5 Å². The van der Waals surface area contributed by atoms with Crippen LogP contribution in [-0.4, -0.2) is 35.7 Å². The molecule has 24 heavy (non-hydrogen) atoms. The van der Waals surface area contributed by atoms with Crippen molar-refractivity contribution in [3.8, 4) is 0 Å². The fourth-order valence-corrected chi connectivity index (χ4v) is 2.42. The molecular weight excluding hydrogens is 310 g/mol. The molecule has 0 aliphatic rings. The average Bonchev–Trinajstić information content (AvgIpc) is 2.88. The molecule has 0 bridgehead atoms. The zero-order chi connectivity index (χ0) is 17.7. The topological polar surface area (TPSA) is 82.5 Å². The summed E-state index contributed by atoms with van der Waals surface area (Å²) in [6.07, 6.45) is 2.07. The van der Waals surface area contributed by atoms with Gasteiger partial charge in [0.1, 0.15) is 11.5 Å². The number of rotatable bonds is 6. The Morgan fingerprint density at radius 1 is 1.29 bits per heavy atom. The van der Waals surface area contributed by atoms with Crippen LogP contribution < -0.4 is 5.32 Å². The summed E-state index contributed by atoms with van der Waals surface area (Å²) >= 11 is 0. The van der Waals surface area contributed by atoms with E-state index >= 15 is 0 Å². The lowest BCUT2D eigenvalue weighted by molar-refractivity contribution is -0.138. The van der Waals surface area contributed by atoms with Crippen LogP contribution in [0.4, 0.5) is 5.69 Å². The number of anilines is 1. The van der Waals surface area contributed by atoms with Gasteiger partial charge in [0.2, 0.25) is 0 Å². The van der Waals surface area contributed by atoms with E-state index in [1.807, 2.05) is 25.1 Å². The van der Waals surface area contributed by atoms with Crippen molar-refractivity contribution in [2.24, 2.45) is 0 Å². The standard InChI is InChI=1S/C17H21N3O4/c1-5-8-20-11(2)18-13-9-12(6-7-15(13)20)19-14(17(22)24-4)10-16(21)23-3/h6-7,9-10,19H,5,8H2,1-4H3/b14-10+. The molecule has 7 nitrogen and oxygen atoms in total. The number of esters is 2. The molecule has 0 radical (unpaired) electrons. The molecule has 7 heteroatoms. The molecule has 0 fully saturated rings. The number of fused-ring (bicyclic) bond motifs is 1. The number of aromatic nitrogens is 2. The lowest BCUT2D eigenvalue weighted by atomic mass is 10.2. The van der Waals surface area contributed by atoms with Crippen molar-refractivity contribution in [3.05, 3.63) is 35.8 Å². The summed E-state index contributed by atoms with van der Waals surface area (Å²) in [6, 6.07) is 5.58. The molecule has 128 valence electrons. The molecule has 1 aromatic heterocycles. The van der Waals surface area contributed by atoms with Crippen LogP contribution in [0.5, 0.6) is 0 Å². The zero-order valence-electron chi connectivity index (χ0n) is 14.3. The summed E-state index contributed by atoms with van der Waals surface area (Å²) in [4.78, 5) is 27.7. The molecule has 0 saturated heterocycles. The summed E-state index contributed by atoms with van der Waals surface area (Å²) in [7, 11) is 2.48. The van der Waals surface area contributed by atoms with Gasteiger partial charge in [-0.15, -0.1) is 0 Å². The normalized spacial score (nSPS) is 11.4. The Kier molecular flexibility index (Phi) is 5.57. The van der Waals surface area contributed by atoms with Crippen LogP contribution in [0.25, 0.3) is 11.0 Å². The Hall–Kier alpha value is -2.83. The van der Waals surface area contributed by atoms with Crippen molar-refractivity contribution in [3.63, 3.8) is 0 Å².